The first-order valence-corrected chi connectivity index (χ1v) is 13.3. The second-order valence-electron chi connectivity index (χ2n) is 8.64. The minimum atomic E-state index is -2.88. The third-order valence-electron chi connectivity index (χ3n) is 6.42. The van der Waals surface area contributed by atoms with Gasteiger partial charge in [0, 0.05) is 37.8 Å². The maximum Gasteiger partial charge on any atom is 0.204 e. The molecular weight excluding hydrogens is 461 g/mol. The van der Waals surface area contributed by atoms with Crippen LogP contribution in [0.2, 0.25) is 0 Å². The van der Waals surface area contributed by atoms with Crippen LogP contribution >= 0.6 is 12.2 Å². The highest BCUT2D eigenvalue weighted by atomic mass is 32.2. The van der Waals surface area contributed by atoms with Crippen molar-refractivity contribution in [3.8, 4) is 17.1 Å². The highest BCUT2D eigenvalue weighted by Gasteiger charge is 2.33. The van der Waals surface area contributed by atoms with Gasteiger partial charge in [-0.1, -0.05) is 30.3 Å². The molecule has 2 aromatic carbocycles. The summed E-state index contributed by atoms with van der Waals surface area (Å²) in [7, 11) is -2.88. The number of sulfone groups is 1. The van der Waals surface area contributed by atoms with Crippen molar-refractivity contribution in [1.82, 2.24) is 24.1 Å². The molecule has 10 heteroatoms. The molecule has 2 aliphatic heterocycles. The van der Waals surface area contributed by atoms with Crippen molar-refractivity contribution >= 4 is 22.1 Å². The standard InChI is InChI=1S/C23H26FN5O2S2/c24-19-6-8-20(9-7-19)29-22(18-4-2-1-3-5-18)25-28(23(29)32)17-26-11-13-27(14-12-26)21-10-15-33(30,31)16-21/h1-9,21H,10-17H2. The summed E-state index contributed by atoms with van der Waals surface area (Å²) < 4.78 is 41.4. The Labute approximate surface area is 198 Å². The molecular formula is C23H26FN5O2S2. The van der Waals surface area contributed by atoms with Crippen molar-refractivity contribution in [2.24, 2.45) is 0 Å². The van der Waals surface area contributed by atoms with Crippen LogP contribution in [0.4, 0.5) is 4.39 Å². The Bertz CT molecular complexity index is 1280. The molecule has 174 valence electrons. The van der Waals surface area contributed by atoms with Crippen molar-refractivity contribution in [2.45, 2.75) is 19.1 Å². The van der Waals surface area contributed by atoms with Crippen molar-refractivity contribution in [2.75, 3.05) is 37.7 Å². The molecule has 5 rings (SSSR count). The van der Waals surface area contributed by atoms with Crippen LogP contribution in [0.1, 0.15) is 6.42 Å². The first-order valence-electron chi connectivity index (χ1n) is 11.1. The molecule has 1 aromatic heterocycles. The van der Waals surface area contributed by atoms with Crippen LogP contribution in [-0.4, -0.2) is 76.3 Å². The van der Waals surface area contributed by atoms with E-state index in [0.717, 1.165) is 43.9 Å². The van der Waals surface area contributed by atoms with E-state index in [1.54, 1.807) is 12.1 Å². The molecule has 33 heavy (non-hydrogen) atoms. The number of halogens is 1. The molecule has 7 nitrogen and oxygen atoms in total. The van der Waals surface area contributed by atoms with E-state index in [1.807, 2.05) is 39.6 Å². The molecule has 3 heterocycles. The number of aromatic nitrogens is 3. The topological polar surface area (TPSA) is 63.4 Å². The summed E-state index contributed by atoms with van der Waals surface area (Å²) in [5.74, 6) is 0.991. The Kier molecular flexibility index (Phi) is 6.17. The average Bonchev–Trinajstić information content (AvgIpc) is 3.35. The summed E-state index contributed by atoms with van der Waals surface area (Å²) in [5.41, 5.74) is 1.69. The lowest BCUT2D eigenvalue weighted by Gasteiger charge is -2.37. The second-order valence-corrected chi connectivity index (χ2v) is 11.2. The number of nitrogens with zero attached hydrogens (tertiary/aromatic N) is 5. The first kappa shape index (κ1) is 22.4. The van der Waals surface area contributed by atoms with Gasteiger partial charge in [-0.15, -0.1) is 5.10 Å². The van der Waals surface area contributed by atoms with Gasteiger partial charge in [0.05, 0.1) is 23.9 Å². The van der Waals surface area contributed by atoms with Gasteiger partial charge in [0.2, 0.25) is 4.77 Å². The van der Waals surface area contributed by atoms with Gasteiger partial charge >= 0.3 is 0 Å². The minimum absolute atomic E-state index is 0.140. The SMILES string of the molecule is O=S1(=O)CCC(N2CCN(Cn3nc(-c4ccccc4)n(-c4ccc(F)cc4)c3=S)CC2)C1. The van der Waals surface area contributed by atoms with Crippen LogP contribution in [-0.2, 0) is 16.5 Å². The van der Waals surface area contributed by atoms with Gasteiger partial charge in [-0.25, -0.2) is 17.5 Å². The lowest BCUT2D eigenvalue weighted by molar-refractivity contribution is 0.0808. The molecule has 0 amide bonds. The molecule has 0 spiro atoms. The first-order chi connectivity index (χ1) is 15.9. The fourth-order valence-corrected chi connectivity index (χ4v) is 6.67. The maximum absolute atomic E-state index is 13.5. The largest absolute Gasteiger partial charge is 0.297 e. The van der Waals surface area contributed by atoms with Crippen LogP contribution in [0.3, 0.4) is 0 Å². The quantitative estimate of drug-likeness (QED) is 0.516. The Hall–Kier alpha value is -2.40. The zero-order valence-electron chi connectivity index (χ0n) is 18.2. The summed E-state index contributed by atoms with van der Waals surface area (Å²) in [6.45, 7) is 3.85. The van der Waals surface area contributed by atoms with Gasteiger partial charge in [-0.3, -0.25) is 14.4 Å². The maximum atomic E-state index is 13.5. The number of hydrogen-bond acceptors (Lipinski definition) is 6. The summed E-state index contributed by atoms with van der Waals surface area (Å²) in [6.07, 6.45) is 0.732. The predicted octanol–water partition coefficient (Wildman–Crippen LogP) is 2.97. The molecule has 0 radical (unpaired) electrons. The zero-order valence-corrected chi connectivity index (χ0v) is 19.8. The van der Waals surface area contributed by atoms with E-state index in [9.17, 15) is 12.8 Å². The molecule has 2 fully saturated rings. The fraction of sp³-hybridized carbons (Fsp3) is 0.391. The smallest absolute Gasteiger partial charge is 0.204 e. The van der Waals surface area contributed by atoms with Gasteiger partial charge in [0.1, 0.15) is 5.82 Å². The number of rotatable bonds is 5. The van der Waals surface area contributed by atoms with Crippen LogP contribution in [0.5, 0.6) is 0 Å². The zero-order chi connectivity index (χ0) is 23.0. The Balaban J connectivity index is 1.37. The normalized spacial score (nSPS) is 21.4. The van der Waals surface area contributed by atoms with E-state index in [1.165, 1.54) is 12.1 Å². The number of hydrogen-bond donors (Lipinski definition) is 0. The summed E-state index contributed by atoms with van der Waals surface area (Å²) in [5, 5.41) is 4.84. The van der Waals surface area contributed by atoms with Crippen molar-refractivity contribution in [3.05, 3.63) is 65.2 Å². The predicted molar refractivity (Wildman–Crippen MR) is 128 cm³/mol. The van der Waals surface area contributed by atoms with Gasteiger partial charge in [0.25, 0.3) is 0 Å². The van der Waals surface area contributed by atoms with Gasteiger partial charge in [0.15, 0.2) is 15.7 Å². The van der Waals surface area contributed by atoms with E-state index in [0.29, 0.717) is 23.0 Å². The van der Waals surface area contributed by atoms with Crippen LogP contribution < -0.4 is 0 Å². The molecule has 0 bridgehead atoms. The molecule has 1 atom stereocenters. The Morgan fingerprint density at radius 3 is 2.33 bits per heavy atom. The molecule has 0 aliphatic carbocycles. The molecule has 2 aliphatic rings. The van der Waals surface area contributed by atoms with E-state index >= 15 is 0 Å². The average molecular weight is 488 g/mol. The molecule has 2 saturated heterocycles. The summed E-state index contributed by atoms with van der Waals surface area (Å²) in [6, 6.07) is 16.2. The number of piperazine rings is 1. The van der Waals surface area contributed by atoms with Crippen LogP contribution in [0.25, 0.3) is 17.1 Å². The summed E-state index contributed by atoms with van der Waals surface area (Å²) in [4.78, 5) is 4.58. The second kappa shape index (κ2) is 9.09. The third-order valence-corrected chi connectivity index (χ3v) is 8.57. The lowest BCUT2D eigenvalue weighted by Crippen LogP contribution is -2.50. The van der Waals surface area contributed by atoms with Gasteiger partial charge in [-0.2, -0.15) is 0 Å². The minimum Gasteiger partial charge on any atom is -0.297 e. The van der Waals surface area contributed by atoms with Gasteiger partial charge < -0.3 is 0 Å². The van der Waals surface area contributed by atoms with Crippen LogP contribution in [0.15, 0.2) is 54.6 Å². The summed E-state index contributed by atoms with van der Waals surface area (Å²) >= 11 is 5.80. The van der Waals surface area contributed by atoms with Crippen LogP contribution in [0, 0.1) is 10.6 Å². The highest BCUT2D eigenvalue weighted by Crippen LogP contribution is 2.24. The van der Waals surface area contributed by atoms with E-state index in [-0.39, 0.29) is 17.6 Å². The van der Waals surface area contributed by atoms with Crippen molar-refractivity contribution < 1.29 is 12.8 Å². The monoisotopic (exact) mass is 487 g/mol. The Morgan fingerprint density at radius 2 is 1.70 bits per heavy atom. The van der Waals surface area contributed by atoms with E-state index < -0.39 is 9.84 Å². The number of benzene rings is 2. The molecule has 3 aromatic rings. The highest BCUT2D eigenvalue weighted by molar-refractivity contribution is 7.91. The van der Waals surface area contributed by atoms with E-state index in [4.69, 9.17) is 17.3 Å². The van der Waals surface area contributed by atoms with Crippen molar-refractivity contribution in [3.63, 3.8) is 0 Å². The fourth-order valence-electron chi connectivity index (χ4n) is 4.62. The van der Waals surface area contributed by atoms with Gasteiger partial charge in [-0.05, 0) is 42.9 Å². The van der Waals surface area contributed by atoms with Crippen molar-refractivity contribution in [1.29, 1.82) is 0 Å². The Morgan fingerprint density at radius 1 is 1.00 bits per heavy atom. The lowest BCUT2D eigenvalue weighted by atomic mass is 10.2. The van der Waals surface area contributed by atoms with E-state index in [2.05, 4.69) is 9.80 Å². The molecule has 0 N–H and O–H groups in total. The molecule has 0 saturated carbocycles. The molecule has 1 unspecified atom stereocenters. The third kappa shape index (κ3) is 4.79.